The smallest absolute Gasteiger partial charge is 0.339 e. The lowest BCUT2D eigenvalue weighted by Gasteiger charge is -2.37. The van der Waals surface area contributed by atoms with Gasteiger partial charge in [-0.25, -0.2) is 14.7 Å². The maximum absolute atomic E-state index is 11.6. The third kappa shape index (κ3) is 5.59. The first kappa shape index (κ1) is 21.0. The van der Waals surface area contributed by atoms with Crippen molar-refractivity contribution < 1.29 is 24.3 Å². The first-order chi connectivity index (χ1) is 12.4. The van der Waals surface area contributed by atoms with E-state index in [1.54, 1.807) is 17.2 Å². The second-order valence-corrected chi connectivity index (χ2v) is 8.85. The number of carboxylic acids is 1. The molecule has 1 aromatic rings. The number of aromatic carboxylic acids is 1. The molecule has 1 aliphatic rings. The fourth-order valence-electron chi connectivity index (χ4n) is 2.88. The number of rotatable bonds is 4. The summed E-state index contributed by atoms with van der Waals surface area (Å²) in [6.45, 7) is 12.4. The van der Waals surface area contributed by atoms with Crippen molar-refractivity contribution in [3.8, 4) is 5.75 Å². The quantitative estimate of drug-likeness (QED) is 0.803. The Morgan fingerprint density at radius 1 is 1.22 bits per heavy atom. The fraction of sp³-hybridized carbons (Fsp3) is 0.571. The molecule has 1 fully saturated rings. The van der Waals surface area contributed by atoms with E-state index in [0.717, 1.165) is 5.56 Å². The van der Waals surface area contributed by atoms with Crippen LogP contribution in [0.2, 0.25) is 0 Å². The van der Waals surface area contributed by atoms with Crippen LogP contribution in [0, 0.1) is 0 Å². The Hall–Kier alpha value is -2.30. The molecule has 0 bridgehead atoms. The first-order valence-electron chi connectivity index (χ1n) is 9.16. The maximum atomic E-state index is 11.6. The van der Waals surface area contributed by atoms with Crippen molar-refractivity contribution in [2.45, 2.75) is 71.5 Å². The lowest BCUT2D eigenvalue weighted by Crippen LogP contribution is -2.41. The molecule has 1 atom stereocenters. The summed E-state index contributed by atoms with van der Waals surface area (Å²) in [7, 11) is 0. The molecule has 148 valence electrons. The van der Waals surface area contributed by atoms with Gasteiger partial charge in [-0.2, -0.15) is 0 Å². The van der Waals surface area contributed by atoms with Crippen LogP contribution in [0.5, 0.6) is 5.75 Å². The predicted molar refractivity (Wildman–Crippen MR) is 103 cm³/mol. The van der Waals surface area contributed by atoms with Gasteiger partial charge in [-0.3, -0.25) is 4.84 Å². The van der Waals surface area contributed by atoms with Crippen molar-refractivity contribution in [3.05, 3.63) is 35.0 Å². The van der Waals surface area contributed by atoms with Crippen molar-refractivity contribution in [2.75, 3.05) is 6.54 Å². The number of hydrogen-bond donors (Lipinski definition) is 1. The van der Waals surface area contributed by atoms with E-state index in [1.807, 2.05) is 32.8 Å². The third-order valence-corrected chi connectivity index (χ3v) is 4.25. The van der Waals surface area contributed by atoms with Gasteiger partial charge in [-0.15, -0.1) is 0 Å². The molecule has 1 aromatic carbocycles. The van der Waals surface area contributed by atoms with E-state index in [9.17, 15) is 14.7 Å². The van der Waals surface area contributed by atoms with Crippen LogP contribution < -0.4 is 4.74 Å². The molecule has 1 unspecified atom stereocenters. The summed E-state index contributed by atoms with van der Waals surface area (Å²) < 4.78 is 6.03. The highest BCUT2D eigenvalue weighted by atomic mass is 16.7. The number of carboxylic acid groups (broad SMARTS) is 1. The Balaban J connectivity index is 2.22. The van der Waals surface area contributed by atoms with Crippen molar-refractivity contribution in [1.29, 1.82) is 0 Å². The van der Waals surface area contributed by atoms with Crippen LogP contribution >= 0.6 is 0 Å². The van der Waals surface area contributed by atoms with Crippen molar-refractivity contribution in [1.82, 2.24) is 5.06 Å². The zero-order chi connectivity index (χ0) is 20.4. The molecule has 1 heterocycles. The Kier molecular flexibility index (Phi) is 6.03. The highest BCUT2D eigenvalue weighted by molar-refractivity contribution is 5.91. The van der Waals surface area contributed by atoms with Gasteiger partial charge in [0.15, 0.2) is 0 Å². The summed E-state index contributed by atoms with van der Waals surface area (Å²) in [5.74, 6) is 1.23. The molecule has 0 aliphatic carbocycles. The summed E-state index contributed by atoms with van der Waals surface area (Å²) >= 11 is 0. The van der Waals surface area contributed by atoms with Gasteiger partial charge >= 0.3 is 5.97 Å². The van der Waals surface area contributed by atoms with Crippen LogP contribution in [0.15, 0.2) is 23.9 Å². The number of ether oxygens (including phenoxy) is 1. The molecule has 2 rings (SSSR count). The van der Waals surface area contributed by atoms with E-state index < -0.39 is 11.6 Å². The van der Waals surface area contributed by atoms with Gasteiger partial charge in [0.05, 0.1) is 5.60 Å². The number of nitrogens with zero attached hydrogens (tertiary/aromatic N) is 1. The molecule has 0 aromatic heterocycles. The molecular weight excluding hydrogens is 346 g/mol. The first-order valence-corrected chi connectivity index (χ1v) is 9.16. The molecule has 1 N–H and O–H groups in total. The highest BCUT2D eigenvalue weighted by Gasteiger charge is 2.30. The normalized spacial score (nSPS) is 18.2. The van der Waals surface area contributed by atoms with E-state index in [0.29, 0.717) is 30.8 Å². The molecular formula is C21H29NO5. The zero-order valence-corrected chi connectivity index (χ0v) is 17.0. The molecule has 1 aliphatic heterocycles. The van der Waals surface area contributed by atoms with Gasteiger partial charge in [-0.05, 0) is 43.9 Å². The highest BCUT2D eigenvalue weighted by Crippen LogP contribution is 2.32. The fourth-order valence-corrected chi connectivity index (χ4v) is 2.88. The Morgan fingerprint density at radius 2 is 1.89 bits per heavy atom. The predicted octanol–water partition coefficient (Wildman–Crippen LogP) is 3.97. The minimum Gasteiger partial charge on any atom is -0.489 e. The Labute approximate surface area is 160 Å². The molecule has 1 saturated heterocycles. The van der Waals surface area contributed by atoms with Crippen molar-refractivity contribution in [2.24, 2.45) is 0 Å². The molecule has 0 spiro atoms. The molecule has 0 amide bonds. The lowest BCUT2D eigenvalue weighted by atomic mass is 9.86. The number of piperidine rings is 1. The molecule has 0 radical (unpaired) electrons. The topological polar surface area (TPSA) is 76.1 Å². The van der Waals surface area contributed by atoms with Gasteiger partial charge < -0.3 is 9.84 Å². The molecule has 6 nitrogen and oxygen atoms in total. The minimum atomic E-state index is -1.04. The number of hydrogen-bond acceptors (Lipinski definition) is 5. The maximum Gasteiger partial charge on any atom is 0.339 e. The summed E-state index contributed by atoms with van der Waals surface area (Å²) in [5, 5.41) is 11.0. The second-order valence-electron chi connectivity index (χ2n) is 8.85. The van der Waals surface area contributed by atoms with Gasteiger partial charge in [0.2, 0.25) is 0 Å². The standard InChI is InChI=1S/C21H29NO5/c1-20(2,3)14-7-8-17(19(24)25)18(11-14)26-16-9-10-22(15(12-16)13-23)27-21(4,5)6/h7-8,11,16H,9-10,12H2,1-6H3,(H,24,25). The summed E-state index contributed by atoms with van der Waals surface area (Å²) in [4.78, 5) is 28.7. The van der Waals surface area contributed by atoms with E-state index in [1.165, 1.54) is 0 Å². The average molecular weight is 375 g/mol. The van der Waals surface area contributed by atoms with Crippen LogP contribution in [-0.2, 0) is 15.0 Å². The van der Waals surface area contributed by atoms with Crippen LogP contribution in [0.1, 0.15) is 70.3 Å². The van der Waals surface area contributed by atoms with E-state index in [4.69, 9.17) is 9.57 Å². The third-order valence-electron chi connectivity index (χ3n) is 4.25. The summed E-state index contributed by atoms with van der Waals surface area (Å²) in [6, 6.07) is 5.17. The largest absolute Gasteiger partial charge is 0.489 e. The van der Waals surface area contributed by atoms with Gasteiger partial charge in [0.25, 0.3) is 0 Å². The SMILES string of the molecule is CC(C)(C)ON1CCC(Oc2cc(C(C)(C)C)ccc2C(=O)O)CC1=C=O. The van der Waals surface area contributed by atoms with Gasteiger partial charge in [-0.1, -0.05) is 26.8 Å². The van der Waals surface area contributed by atoms with Gasteiger partial charge in [0, 0.05) is 19.4 Å². The Morgan fingerprint density at radius 3 is 2.41 bits per heavy atom. The zero-order valence-electron chi connectivity index (χ0n) is 17.0. The molecule has 0 saturated carbocycles. The van der Waals surface area contributed by atoms with E-state index >= 15 is 0 Å². The van der Waals surface area contributed by atoms with Crippen molar-refractivity contribution in [3.63, 3.8) is 0 Å². The summed E-state index contributed by atoms with van der Waals surface area (Å²) in [6.07, 6.45) is 0.618. The minimum absolute atomic E-state index is 0.119. The van der Waals surface area contributed by atoms with Crippen LogP contribution in [-0.4, -0.2) is 40.3 Å². The lowest BCUT2D eigenvalue weighted by molar-refractivity contribution is -0.217. The van der Waals surface area contributed by atoms with E-state index in [2.05, 4.69) is 20.8 Å². The second kappa shape index (κ2) is 7.75. The van der Waals surface area contributed by atoms with Crippen LogP contribution in [0.4, 0.5) is 0 Å². The van der Waals surface area contributed by atoms with Crippen molar-refractivity contribution >= 4 is 11.9 Å². The van der Waals surface area contributed by atoms with Crippen LogP contribution in [0.3, 0.4) is 0 Å². The Bertz CT molecular complexity index is 751. The average Bonchev–Trinajstić information content (AvgIpc) is 2.53. The van der Waals surface area contributed by atoms with Gasteiger partial charge in [0.1, 0.15) is 29.1 Å². The number of carbonyl (C=O) groups is 1. The summed E-state index contributed by atoms with van der Waals surface area (Å²) in [5.41, 5.74) is 0.931. The van der Waals surface area contributed by atoms with E-state index in [-0.39, 0.29) is 17.1 Å². The molecule has 27 heavy (non-hydrogen) atoms. The number of hydroxylamine groups is 2. The number of benzene rings is 1. The van der Waals surface area contributed by atoms with Crippen LogP contribution in [0.25, 0.3) is 0 Å². The monoisotopic (exact) mass is 375 g/mol. The molecule has 6 heteroatoms. The number of carbonyl (C=O) groups excluding carboxylic acids is 1.